The Balaban J connectivity index is 1.74. The number of benzene rings is 3. The van der Waals surface area contributed by atoms with Crippen LogP contribution in [0, 0.1) is 6.92 Å². The first kappa shape index (κ1) is 24.3. The number of ether oxygens (including phenoxy) is 1. The molecule has 7 nitrogen and oxygen atoms in total. The number of thiazole rings is 1. The molecule has 0 spiro atoms. The highest BCUT2D eigenvalue weighted by molar-refractivity contribution is 9.10. The molecule has 0 unspecified atom stereocenters. The Morgan fingerprint density at radius 2 is 1.85 bits per heavy atom. The zero-order valence-corrected chi connectivity index (χ0v) is 21.7. The highest BCUT2D eigenvalue weighted by atomic mass is 79.9. The molecule has 1 aromatic heterocycles. The SMILES string of the molecule is COCCn1c(=NC(=O)c2ccccc2NS(=O)(=O)c2ccc(C)cc2)sc2cc(Br)ccc21. The maximum atomic E-state index is 13.2. The van der Waals surface area contributed by atoms with E-state index in [9.17, 15) is 13.2 Å². The Bertz CT molecular complexity index is 1520. The molecule has 0 aliphatic carbocycles. The summed E-state index contributed by atoms with van der Waals surface area (Å²) >= 11 is 4.86. The number of rotatable bonds is 7. The van der Waals surface area contributed by atoms with Crippen LogP contribution in [-0.4, -0.2) is 32.6 Å². The maximum Gasteiger partial charge on any atom is 0.281 e. The minimum Gasteiger partial charge on any atom is -0.383 e. The molecule has 1 N–H and O–H groups in total. The summed E-state index contributed by atoms with van der Waals surface area (Å²) in [5.41, 5.74) is 2.22. The van der Waals surface area contributed by atoms with Crippen LogP contribution >= 0.6 is 27.3 Å². The van der Waals surface area contributed by atoms with Gasteiger partial charge in [0.2, 0.25) is 0 Å². The van der Waals surface area contributed by atoms with Gasteiger partial charge in [-0.15, -0.1) is 0 Å². The number of hydrogen-bond donors (Lipinski definition) is 1. The lowest BCUT2D eigenvalue weighted by molar-refractivity contribution is 0.0998. The van der Waals surface area contributed by atoms with Crippen LogP contribution in [0.15, 0.2) is 81.1 Å². The molecule has 0 aliphatic rings. The fourth-order valence-electron chi connectivity index (χ4n) is 3.36. The number of methoxy groups -OCH3 is 1. The number of aromatic nitrogens is 1. The molecule has 4 rings (SSSR count). The summed E-state index contributed by atoms with van der Waals surface area (Å²) in [6.07, 6.45) is 0. The van der Waals surface area contributed by atoms with Gasteiger partial charge in [-0.1, -0.05) is 57.1 Å². The zero-order valence-electron chi connectivity index (χ0n) is 18.5. The van der Waals surface area contributed by atoms with Crippen LogP contribution in [0.3, 0.4) is 0 Å². The number of nitrogens with one attached hydrogen (secondary N) is 1. The van der Waals surface area contributed by atoms with E-state index in [1.807, 2.05) is 29.7 Å². The molecule has 0 radical (unpaired) electrons. The van der Waals surface area contributed by atoms with Crippen LogP contribution in [0.25, 0.3) is 10.2 Å². The monoisotopic (exact) mass is 559 g/mol. The number of anilines is 1. The molecule has 0 bridgehead atoms. The molecule has 0 saturated carbocycles. The fraction of sp³-hybridized carbons (Fsp3) is 0.167. The number of hydrogen-bond acceptors (Lipinski definition) is 5. The summed E-state index contributed by atoms with van der Waals surface area (Å²) in [6.45, 7) is 2.85. The number of sulfonamides is 1. The molecule has 1 amide bonds. The Labute approximate surface area is 209 Å². The predicted octanol–water partition coefficient (Wildman–Crippen LogP) is 4.96. The van der Waals surface area contributed by atoms with Crippen LogP contribution in [0.1, 0.15) is 15.9 Å². The van der Waals surface area contributed by atoms with Crippen molar-refractivity contribution in [3.8, 4) is 0 Å². The summed E-state index contributed by atoms with van der Waals surface area (Å²) in [5.74, 6) is -0.543. The first-order valence-corrected chi connectivity index (χ1v) is 13.4. The van der Waals surface area contributed by atoms with E-state index in [0.717, 1.165) is 20.3 Å². The van der Waals surface area contributed by atoms with Gasteiger partial charge in [-0.05, 0) is 49.4 Å². The van der Waals surface area contributed by atoms with Crippen LogP contribution < -0.4 is 9.52 Å². The van der Waals surface area contributed by atoms with Gasteiger partial charge in [0.05, 0.1) is 33.0 Å². The van der Waals surface area contributed by atoms with E-state index in [1.165, 1.54) is 23.5 Å². The Morgan fingerprint density at radius 1 is 1.12 bits per heavy atom. The van der Waals surface area contributed by atoms with Gasteiger partial charge in [0, 0.05) is 18.1 Å². The molecule has 3 aromatic carbocycles. The molecule has 1 heterocycles. The molecule has 0 saturated heterocycles. The van der Waals surface area contributed by atoms with Crippen molar-refractivity contribution in [3.63, 3.8) is 0 Å². The van der Waals surface area contributed by atoms with E-state index in [4.69, 9.17) is 4.74 Å². The van der Waals surface area contributed by atoms with Crippen molar-refractivity contribution in [2.24, 2.45) is 4.99 Å². The normalized spacial score (nSPS) is 12.3. The summed E-state index contributed by atoms with van der Waals surface area (Å²) in [7, 11) is -2.26. The van der Waals surface area contributed by atoms with Crippen molar-refractivity contribution < 1.29 is 17.9 Å². The van der Waals surface area contributed by atoms with Crippen molar-refractivity contribution in [1.82, 2.24) is 4.57 Å². The number of carbonyl (C=O) groups is 1. The molecule has 0 aliphatic heterocycles. The van der Waals surface area contributed by atoms with Gasteiger partial charge >= 0.3 is 0 Å². The van der Waals surface area contributed by atoms with E-state index >= 15 is 0 Å². The first-order valence-electron chi connectivity index (χ1n) is 10.3. The summed E-state index contributed by atoms with van der Waals surface area (Å²) < 4.78 is 37.4. The average molecular weight is 560 g/mol. The molecule has 4 aromatic rings. The van der Waals surface area contributed by atoms with Gasteiger partial charge < -0.3 is 9.30 Å². The Hall–Kier alpha value is -2.79. The van der Waals surface area contributed by atoms with Gasteiger partial charge in [0.1, 0.15) is 0 Å². The summed E-state index contributed by atoms with van der Waals surface area (Å²) in [4.78, 5) is 18.2. The third-order valence-corrected chi connectivity index (χ3v) is 8.01. The van der Waals surface area contributed by atoms with Crippen LogP contribution in [0.4, 0.5) is 5.69 Å². The number of para-hydroxylation sites is 1. The number of amides is 1. The van der Waals surface area contributed by atoms with Crippen molar-refractivity contribution in [3.05, 3.63) is 87.1 Å². The van der Waals surface area contributed by atoms with Gasteiger partial charge in [-0.25, -0.2) is 8.42 Å². The Kier molecular flexibility index (Phi) is 7.32. The number of carbonyl (C=O) groups excluding carboxylic acids is 1. The van der Waals surface area contributed by atoms with Crippen molar-refractivity contribution in [2.75, 3.05) is 18.4 Å². The zero-order chi connectivity index (χ0) is 24.3. The van der Waals surface area contributed by atoms with Gasteiger partial charge in [0.25, 0.3) is 15.9 Å². The second-order valence-corrected chi connectivity index (χ2v) is 11.1. The van der Waals surface area contributed by atoms with Crippen molar-refractivity contribution >= 4 is 59.1 Å². The molecule has 0 atom stereocenters. The highest BCUT2D eigenvalue weighted by Gasteiger charge is 2.19. The first-order chi connectivity index (χ1) is 16.3. The van der Waals surface area contributed by atoms with Gasteiger partial charge in [-0.3, -0.25) is 9.52 Å². The Morgan fingerprint density at radius 3 is 2.59 bits per heavy atom. The minimum absolute atomic E-state index is 0.116. The predicted molar refractivity (Wildman–Crippen MR) is 138 cm³/mol. The topological polar surface area (TPSA) is 89.8 Å². The van der Waals surface area contributed by atoms with E-state index in [-0.39, 0.29) is 16.1 Å². The van der Waals surface area contributed by atoms with E-state index in [1.54, 1.807) is 43.5 Å². The van der Waals surface area contributed by atoms with Crippen LogP contribution in [0.2, 0.25) is 0 Å². The summed E-state index contributed by atoms with van der Waals surface area (Å²) in [5, 5.41) is 0. The van der Waals surface area contributed by atoms with E-state index in [0.29, 0.717) is 18.0 Å². The number of halogens is 1. The largest absolute Gasteiger partial charge is 0.383 e. The number of fused-ring (bicyclic) bond motifs is 1. The van der Waals surface area contributed by atoms with E-state index < -0.39 is 15.9 Å². The smallest absolute Gasteiger partial charge is 0.281 e. The van der Waals surface area contributed by atoms with Crippen molar-refractivity contribution in [1.29, 1.82) is 0 Å². The maximum absolute atomic E-state index is 13.2. The van der Waals surface area contributed by atoms with Gasteiger partial charge in [0.15, 0.2) is 4.80 Å². The molecule has 34 heavy (non-hydrogen) atoms. The standard InChI is InChI=1S/C24H22BrN3O4S2/c1-16-7-10-18(11-8-16)34(30,31)27-20-6-4-3-5-19(20)23(29)26-24-28(13-14-32-2)21-12-9-17(25)15-22(21)33-24/h3-12,15,27H,13-14H2,1-2H3. The molecule has 0 fully saturated rings. The number of nitrogens with zero attached hydrogens (tertiary/aromatic N) is 2. The molecular formula is C24H22BrN3O4S2. The lowest BCUT2D eigenvalue weighted by Gasteiger charge is -2.11. The number of aryl methyl sites for hydroxylation is 1. The lowest BCUT2D eigenvalue weighted by atomic mass is 10.2. The minimum atomic E-state index is -3.87. The quantitative estimate of drug-likeness (QED) is 0.346. The fourth-order valence-corrected chi connectivity index (χ4v) is 6.04. The second kappa shape index (κ2) is 10.2. The van der Waals surface area contributed by atoms with Gasteiger partial charge in [-0.2, -0.15) is 4.99 Å². The third-order valence-electron chi connectivity index (χ3n) is 5.09. The van der Waals surface area contributed by atoms with E-state index in [2.05, 4.69) is 25.6 Å². The molecule has 10 heteroatoms. The highest BCUT2D eigenvalue weighted by Crippen LogP contribution is 2.24. The molecular weight excluding hydrogens is 538 g/mol. The van der Waals surface area contributed by atoms with Crippen molar-refractivity contribution in [2.45, 2.75) is 18.4 Å². The van der Waals surface area contributed by atoms with Crippen LogP contribution in [0.5, 0.6) is 0 Å². The summed E-state index contributed by atoms with van der Waals surface area (Å²) in [6, 6.07) is 18.8. The second-order valence-electron chi connectivity index (χ2n) is 7.52. The molecule has 176 valence electrons. The lowest BCUT2D eigenvalue weighted by Crippen LogP contribution is -2.20. The average Bonchev–Trinajstić information content (AvgIpc) is 3.13. The van der Waals surface area contributed by atoms with Crippen LogP contribution in [-0.2, 0) is 21.3 Å². The third kappa shape index (κ3) is 5.30.